The molecule has 1 aromatic heterocycles. The van der Waals surface area contributed by atoms with Crippen LogP contribution in [0.2, 0.25) is 0 Å². The molecule has 5 nitrogen and oxygen atoms in total. The minimum absolute atomic E-state index is 0.174. The quantitative estimate of drug-likeness (QED) is 0.720. The Hall–Kier alpha value is -2.73. The zero-order valence-electron chi connectivity index (χ0n) is 12.7. The van der Waals surface area contributed by atoms with Gasteiger partial charge in [0.25, 0.3) is 5.91 Å². The van der Waals surface area contributed by atoms with Crippen molar-refractivity contribution in [2.75, 3.05) is 6.79 Å². The Morgan fingerprint density at radius 3 is 2.96 bits per heavy atom. The number of fused-ring (bicyclic) bond motifs is 2. The van der Waals surface area contributed by atoms with Crippen molar-refractivity contribution in [3.63, 3.8) is 0 Å². The van der Waals surface area contributed by atoms with Crippen LogP contribution in [0.5, 0.6) is 11.5 Å². The predicted molar refractivity (Wildman–Crippen MR) is 92.7 cm³/mol. The topological polar surface area (TPSA) is 60.5 Å². The van der Waals surface area contributed by atoms with E-state index in [0.717, 1.165) is 27.1 Å². The van der Waals surface area contributed by atoms with Crippen LogP contribution in [0.25, 0.3) is 10.9 Å². The monoisotopic (exact) mass is 338 g/mol. The number of pyridine rings is 1. The molecule has 4 rings (SSSR count). The van der Waals surface area contributed by atoms with Gasteiger partial charge in [-0.15, -0.1) is 12.6 Å². The minimum atomic E-state index is -0.174. The van der Waals surface area contributed by atoms with Crippen molar-refractivity contribution in [3.8, 4) is 11.5 Å². The number of rotatable bonds is 3. The first-order chi connectivity index (χ1) is 11.7. The Kier molecular flexibility index (Phi) is 3.74. The summed E-state index contributed by atoms with van der Waals surface area (Å²) >= 11 is 4.37. The van der Waals surface area contributed by atoms with Crippen LogP contribution in [0.15, 0.2) is 53.6 Å². The number of hydrogen-bond acceptors (Lipinski definition) is 5. The lowest BCUT2D eigenvalue weighted by atomic mass is 10.1. The van der Waals surface area contributed by atoms with Gasteiger partial charge < -0.3 is 14.8 Å². The molecule has 24 heavy (non-hydrogen) atoms. The van der Waals surface area contributed by atoms with E-state index in [1.54, 1.807) is 6.20 Å². The summed E-state index contributed by atoms with van der Waals surface area (Å²) in [5.74, 6) is 1.26. The van der Waals surface area contributed by atoms with Gasteiger partial charge in [0, 0.05) is 23.0 Å². The number of nitrogens with one attached hydrogen (secondary N) is 1. The number of carbonyl (C=O) groups excluding carboxylic acids is 1. The molecule has 1 N–H and O–H groups in total. The molecule has 0 radical (unpaired) electrons. The number of aromatic nitrogens is 1. The maximum absolute atomic E-state index is 12.4. The maximum Gasteiger partial charge on any atom is 0.253 e. The van der Waals surface area contributed by atoms with Crippen molar-refractivity contribution in [2.24, 2.45) is 0 Å². The van der Waals surface area contributed by atoms with E-state index in [1.807, 2.05) is 42.5 Å². The molecule has 3 aromatic rings. The Morgan fingerprint density at radius 1 is 1.17 bits per heavy atom. The molecule has 2 heterocycles. The Morgan fingerprint density at radius 2 is 2.04 bits per heavy atom. The second kappa shape index (κ2) is 6.05. The number of benzene rings is 2. The van der Waals surface area contributed by atoms with Crippen LogP contribution in [0, 0.1) is 0 Å². The number of thiol groups is 1. The van der Waals surface area contributed by atoms with Crippen molar-refractivity contribution in [1.29, 1.82) is 0 Å². The lowest BCUT2D eigenvalue weighted by molar-refractivity contribution is 0.0950. The van der Waals surface area contributed by atoms with Gasteiger partial charge in [0.15, 0.2) is 11.5 Å². The highest BCUT2D eigenvalue weighted by molar-refractivity contribution is 7.80. The van der Waals surface area contributed by atoms with Gasteiger partial charge in [0.05, 0.1) is 11.1 Å². The lowest BCUT2D eigenvalue weighted by Crippen LogP contribution is -2.22. The third kappa shape index (κ3) is 2.76. The van der Waals surface area contributed by atoms with Crippen molar-refractivity contribution >= 4 is 29.4 Å². The van der Waals surface area contributed by atoms with E-state index in [4.69, 9.17) is 9.47 Å². The Balaban J connectivity index is 1.50. The van der Waals surface area contributed by atoms with E-state index < -0.39 is 0 Å². The highest BCUT2D eigenvalue weighted by Crippen LogP contribution is 2.32. The van der Waals surface area contributed by atoms with Crippen LogP contribution in [0.4, 0.5) is 0 Å². The third-order valence-corrected chi connectivity index (χ3v) is 4.20. The number of ether oxygens (including phenoxy) is 2. The van der Waals surface area contributed by atoms with Crippen molar-refractivity contribution in [3.05, 3.63) is 59.8 Å². The van der Waals surface area contributed by atoms with Crippen molar-refractivity contribution in [1.82, 2.24) is 10.3 Å². The van der Waals surface area contributed by atoms with E-state index in [9.17, 15) is 4.79 Å². The number of carbonyl (C=O) groups is 1. The maximum atomic E-state index is 12.4. The van der Waals surface area contributed by atoms with E-state index >= 15 is 0 Å². The molecule has 0 saturated carbocycles. The summed E-state index contributed by atoms with van der Waals surface area (Å²) in [7, 11) is 0. The molecular formula is C18H14N2O3S. The molecule has 0 saturated heterocycles. The smallest absolute Gasteiger partial charge is 0.253 e. The molecule has 0 unspecified atom stereocenters. The average Bonchev–Trinajstić information content (AvgIpc) is 3.07. The van der Waals surface area contributed by atoms with Crippen LogP contribution in [-0.2, 0) is 6.54 Å². The van der Waals surface area contributed by atoms with Gasteiger partial charge in [-0.2, -0.15) is 0 Å². The van der Waals surface area contributed by atoms with E-state index in [2.05, 4.69) is 22.9 Å². The summed E-state index contributed by atoms with van der Waals surface area (Å²) in [5.41, 5.74) is 2.24. The zero-order valence-corrected chi connectivity index (χ0v) is 13.5. The SMILES string of the molecule is O=C(NCc1ccc2c(c1)OCO2)c1cnc2c(S)cccc2c1. The summed E-state index contributed by atoms with van der Waals surface area (Å²) in [6.45, 7) is 0.640. The van der Waals surface area contributed by atoms with Crippen LogP contribution in [0.3, 0.4) is 0 Å². The Bertz CT molecular complexity index is 943. The highest BCUT2D eigenvalue weighted by Gasteiger charge is 2.14. The fourth-order valence-corrected chi connectivity index (χ4v) is 2.88. The van der Waals surface area contributed by atoms with Gasteiger partial charge in [-0.25, -0.2) is 0 Å². The first-order valence-corrected chi connectivity index (χ1v) is 7.90. The minimum Gasteiger partial charge on any atom is -0.454 e. The fourth-order valence-electron chi connectivity index (χ4n) is 2.60. The molecule has 1 amide bonds. The first kappa shape index (κ1) is 14.8. The predicted octanol–water partition coefficient (Wildman–Crippen LogP) is 3.18. The molecule has 1 aliphatic rings. The van der Waals surface area contributed by atoms with Crippen LogP contribution in [-0.4, -0.2) is 17.7 Å². The van der Waals surface area contributed by atoms with Crippen LogP contribution in [0.1, 0.15) is 15.9 Å². The Labute approximate surface area is 144 Å². The van der Waals surface area contributed by atoms with E-state index in [1.165, 1.54) is 0 Å². The number of para-hydroxylation sites is 1. The van der Waals surface area contributed by atoms with Crippen LogP contribution < -0.4 is 14.8 Å². The second-order valence-electron chi connectivity index (χ2n) is 5.44. The van der Waals surface area contributed by atoms with Crippen molar-refractivity contribution in [2.45, 2.75) is 11.4 Å². The molecule has 2 aromatic carbocycles. The molecular weight excluding hydrogens is 324 g/mol. The first-order valence-electron chi connectivity index (χ1n) is 7.45. The van der Waals surface area contributed by atoms with Crippen molar-refractivity contribution < 1.29 is 14.3 Å². The second-order valence-corrected chi connectivity index (χ2v) is 5.92. The fraction of sp³-hybridized carbons (Fsp3) is 0.111. The van der Waals surface area contributed by atoms with Gasteiger partial charge >= 0.3 is 0 Å². The molecule has 1 aliphatic heterocycles. The summed E-state index contributed by atoms with van der Waals surface area (Å²) in [5, 5.41) is 3.78. The van der Waals surface area contributed by atoms with Gasteiger partial charge in [-0.05, 0) is 29.8 Å². The third-order valence-electron chi connectivity index (χ3n) is 3.84. The summed E-state index contributed by atoms with van der Waals surface area (Å²) in [6, 6.07) is 13.1. The zero-order chi connectivity index (χ0) is 16.5. The highest BCUT2D eigenvalue weighted by atomic mass is 32.1. The number of nitrogens with zero attached hydrogens (tertiary/aromatic N) is 1. The summed E-state index contributed by atoms with van der Waals surface area (Å²) in [6.07, 6.45) is 1.57. The molecule has 0 aliphatic carbocycles. The molecule has 0 bridgehead atoms. The summed E-state index contributed by atoms with van der Waals surface area (Å²) in [4.78, 5) is 17.5. The standard InChI is InChI=1S/C18H14N2O3S/c21-18(13-7-12-2-1-3-16(24)17(12)19-9-13)20-8-11-4-5-14-15(6-11)23-10-22-14/h1-7,9,24H,8,10H2,(H,20,21). The molecule has 0 fully saturated rings. The summed E-state index contributed by atoms with van der Waals surface area (Å²) < 4.78 is 10.6. The average molecular weight is 338 g/mol. The molecule has 6 heteroatoms. The van der Waals surface area contributed by atoms with Gasteiger partial charge in [0.2, 0.25) is 6.79 Å². The number of amides is 1. The largest absolute Gasteiger partial charge is 0.454 e. The van der Waals surface area contributed by atoms with E-state index in [-0.39, 0.29) is 12.7 Å². The molecule has 0 atom stereocenters. The molecule has 0 spiro atoms. The van der Waals surface area contributed by atoms with Gasteiger partial charge in [-0.3, -0.25) is 9.78 Å². The normalized spacial score (nSPS) is 12.4. The van der Waals surface area contributed by atoms with Crippen LogP contribution >= 0.6 is 12.6 Å². The van der Waals surface area contributed by atoms with Gasteiger partial charge in [0.1, 0.15) is 0 Å². The molecule has 120 valence electrons. The number of hydrogen-bond donors (Lipinski definition) is 2. The van der Waals surface area contributed by atoms with Gasteiger partial charge in [-0.1, -0.05) is 18.2 Å². The van der Waals surface area contributed by atoms with E-state index in [0.29, 0.717) is 17.9 Å². The lowest BCUT2D eigenvalue weighted by Gasteiger charge is -2.07.